The van der Waals surface area contributed by atoms with Gasteiger partial charge >= 0.3 is 5.69 Å². The van der Waals surface area contributed by atoms with Crippen LogP contribution in [0.5, 0.6) is 0 Å². The minimum atomic E-state index is -0.389. The SMILES string of the molecule is Cn1c(=O)c2c(ncn2-c2ccccc2Br)n(C)c1=O. The molecule has 2 heterocycles. The van der Waals surface area contributed by atoms with Crippen LogP contribution in [0.1, 0.15) is 0 Å². The van der Waals surface area contributed by atoms with Crippen molar-refractivity contribution < 1.29 is 0 Å². The number of hydrogen-bond donors (Lipinski definition) is 0. The van der Waals surface area contributed by atoms with Crippen LogP contribution in [-0.4, -0.2) is 18.7 Å². The summed E-state index contributed by atoms with van der Waals surface area (Å²) in [5, 5.41) is 0. The van der Waals surface area contributed by atoms with Gasteiger partial charge in [0.15, 0.2) is 11.2 Å². The fourth-order valence-corrected chi connectivity index (χ4v) is 2.65. The minimum absolute atomic E-state index is 0.364. The lowest BCUT2D eigenvalue weighted by molar-refractivity contribution is 0.707. The number of rotatable bonds is 1. The second-order valence-electron chi connectivity index (χ2n) is 4.44. The van der Waals surface area contributed by atoms with E-state index in [2.05, 4.69) is 20.9 Å². The standard InChI is InChI=1S/C13H11BrN4O2/c1-16-11-10(12(19)17(2)13(16)20)18(7-15-11)9-6-4-3-5-8(9)14/h3-7H,1-2H3. The number of para-hydroxylation sites is 1. The molecule has 1 aromatic carbocycles. The molecule has 2 aromatic heterocycles. The molecule has 0 saturated carbocycles. The molecule has 3 aromatic rings. The monoisotopic (exact) mass is 334 g/mol. The van der Waals surface area contributed by atoms with Crippen molar-refractivity contribution in [3.8, 4) is 5.69 Å². The fraction of sp³-hybridized carbons (Fsp3) is 0.154. The van der Waals surface area contributed by atoms with Crippen molar-refractivity contribution in [2.45, 2.75) is 0 Å². The smallest absolute Gasteiger partial charge is 0.292 e. The molecule has 6 nitrogen and oxygen atoms in total. The van der Waals surface area contributed by atoms with E-state index >= 15 is 0 Å². The second kappa shape index (κ2) is 4.45. The first-order chi connectivity index (χ1) is 9.52. The summed E-state index contributed by atoms with van der Waals surface area (Å²) in [4.78, 5) is 28.4. The van der Waals surface area contributed by atoms with Gasteiger partial charge in [-0.3, -0.25) is 18.5 Å². The first-order valence-corrected chi connectivity index (χ1v) is 6.69. The topological polar surface area (TPSA) is 61.8 Å². The Hall–Kier alpha value is -2.15. The zero-order valence-electron chi connectivity index (χ0n) is 10.9. The largest absolute Gasteiger partial charge is 0.332 e. The second-order valence-corrected chi connectivity index (χ2v) is 5.30. The van der Waals surface area contributed by atoms with E-state index in [9.17, 15) is 9.59 Å². The summed E-state index contributed by atoms with van der Waals surface area (Å²) >= 11 is 3.45. The molecular weight excluding hydrogens is 324 g/mol. The highest BCUT2D eigenvalue weighted by Gasteiger charge is 2.15. The number of imidazole rings is 1. The lowest BCUT2D eigenvalue weighted by Crippen LogP contribution is -2.37. The van der Waals surface area contributed by atoms with Crippen LogP contribution in [0, 0.1) is 0 Å². The number of fused-ring (bicyclic) bond motifs is 1. The van der Waals surface area contributed by atoms with Crippen LogP contribution in [0.2, 0.25) is 0 Å². The van der Waals surface area contributed by atoms with Gasteiger partial charge in [-0.1, -0.05) is 12.1 Å². The molecule has 0 spiro atoms. The predicted molar refractivity (Wildman–Crippen MR) is 79.3 cm³/mol. The van der Waals surface area contributed by atoms with Gasteiger partial charge in [0, 0.05) is 18.6 Å². The van der Waals surface area contributed by atoms with E-state index in [0.717, 1.165) is 14.7 Å². The van der Waals surface area contributed by atoms with Crippen molar-refractivity contribution in [2.75, 3.05) is 0 Å². The summed E-state index contributed by atoms with van der Waals surface area (Å²) in [5.41, 5.74) is 0.789. The Morgan fingerprint density at radius 3 is 2.50 bits per heavy atom. The van der Waals surface area contributed by atoms with Crippen molar-refractivity contribution in [3.63, 3.8) is 0 Å². The van der Waals surface area contributed by atoms with Gasteiger partial charge in [0.25, 0.3) is 5.56 Å². The number of halogens is 1. The Balaban J connectivity index is 2.50. The summed E-state index contributed by atoms with van der Waals surface area (Å²) in [6.45, 7) is 0. The average molecular weight is 335 g/mol. The molecule has 0 atom stereocenters. The molecular formula is C13H11BrN4O2. The third-order valence-corrected chi connectivity index (χ3v) is 3.93. The van der Waals surface area contributed by atoms with E-state index in [1.807, 2.05) is 24.3 Å². The van der Waals surface area contributed by atoms with E-state index in [4.69, 9.17) is 0 Å². The van der Waals surface area contributed by atoms with Gasteiger partial charge in [-0.05, 0) is 28.1 Å². The maximum absolute atomic E-state index is 12.3. The normalized spacial score (nSPS) is 11.2. The molecule has 0 aliphatic carbocycles. The summed E-state index contributed by atoms with van der Waals surface area (Å²) < 4.78 is 4.97. The highest BCUT2D eigenvalue weighted by Crippen LogP contribution is 2.22. The van der Waals surface area contributed by atoms with Gasteiger partial charge in [-0.2, -0.15) is 0 Å². The zero-order valence-corrected chi connectivity index (χ0v) is 12.5. The number of nitrogens with zero attached hydrogens (tertiary/aromatic N) is 4. The summed E-state index contributed by atoms with van der Waals surface area (Å²) in [6.07, 6.45) is 1.55. The third-order valence-electron chi connectivity index (χ3n) is 3.26. The van der Waals surface area contributed by atoms with Crippen LogP contribution < -0.4 is 11.2 Å². The van der Waals surface area contributed by atoms with Gasteiger partial charge < -0.3 is 0 Å². The molecule has 7 heteroatoms. The van der Waals surface area contributed by atoms with Crippen LogP contribution >= 0.6 is 15.9 Å². The van der Waals surface area contributed by atoms with E-state index in [1.165, 1.54) is 11.6 Å². The Bertz CT molecular complexity index is 936. The van der Waals surface area contributed by atoms with E-state index in [-0.39, 0.29) is 11.2 Å². The summed E-state index contributed by atoms with van der Waals surface area (Å²) in [7, 11) is 3.06. The number of benzene rings is 1. The molecule has 0 fully saturated rings. The first-order valence-electron chi connectivity index (χ1n) is 5.90. The summed E-state index contributed by atoms with van der Waals surface area (Å²) in [5.74, 6) is 0. The molecule has 0 aliphatic rings. The highest BCUT2D eigenvalue weighted by atomic mass is 79.9. The molecule has 0 amide bonds. The van der Waals surface area contributed by atoms with Gasteiger partial charge in [0.05, 0.1) is 5.69 Å². The molecule has 0 N–H and O–H groups in total. The Morgan fingerprint density at radius 2 is 1.80 bits per heavy atom. The molecule has 3 rings (SSSR count). The maximum Gasteiger partial charge on any atom is 0.332 e. The minimum Gasteiger partial charge on any atom is -0.292 e. The average Bonchev–Trinajstić information content (AvgIpc) is 2.88. The van der Waals surface area contributed by atoms with Gasteiger partial charge in [0.2, 0.25) is 0 Å². The third kappa shape index (κ3) is 1.66. The molecule has 102 valence electrons. The van der Waals surface area contributed by atoms with Gasteiger partial charge in [-0.25, -0.2) is 9.78 Å². The van der Waals surface area contributed by atoms with Crippen molar-refractivity contribution in [3.05, 3.63) is 55.9 Å². The first kappa shape index (κ1) is 12.9. The van der Waals surface area contributed by atoms with E-state index in [1.54, 1.807) is 17.9 Å². The van der Waals surface area contributed by atoms with Gasteiger partial charge in [-0.15, -0.1) is 0 Å². The van der Waals surface area contributed by atoms with Crippen molar-refractivity contribution >= 4 is 27.1 Å². The molecule has 0 saturated heterocycles. The maximum atomic E-state index is 12.3. The quantitative estimate of drug-likeness (QED) is 0.671. The number of aromatic nitrogens is 4. The zero-order chi connectivity index (χ0) is 14.4. The van der Waals surface area contributed by atoms with Crippen LogP contribution in [0.25, 0.3) is 16.9 Å². The fourth-order valence-electron chi connectivity index (χ4n) is 2.17. The molecule has 0 radical (unpaired) electrons. The lowest BCUT2D eigenvalue weighted by Gasteiger charge is -2.08. The van der Waals surface area contributed by atoms with Crippen molar-refractivity contribution in [2.24, 2.45) is 14.1 Å². The van der Waals surface area contributed by atoms with Crippen LogP contribution in [0.4, 0.5) is 0 Å². The van der Waals surface area contributed by atoms with E-state index in [0.29, 0.717) is 11.2 Å². The van der Waals surface area contributed by atoms with Crippen LogP contribution in [-0.2, 0) is 14.1 Å². The van der Waals surface area contributed by atoms with Crippen LogP contribution in [0.3, 0.4) is 0 Å². The Labute approximate surface area is 122 Å². The number of hydrogen-bond acceptors (Lipinski definition) is 3. The Morgan fingerprint density at radius 1 is 1.10 bits per heavy atom. The summed E-state index contributed by atoms with van der Waals surface area (Å²) in [6, 6.07) is 7.52. The van der Waals surface area contributed by atoms with Crippen molar-refractivity contribution in [1.29, 1.82) is 0 Å². The van der Waals surface area contributed by atoms with E-state index < -0.39 is 0 Å². The predicted octanol–water partition coefficient (Wildman–Crippen LogP) is 1.19. The van der Waals surface area contributed by atoms with Crippen LogP contribution in [0.15, 0.2) is 44.7 Å². The molecule has 20 heavy (non-hydrogen) atoms. The van der Waals surface area contributed by atoms with Gasteiger partial charge in [0.1, 0.15) is 6.33 Å². The highest BCUT2D eigenvalue weighted by molar-refractivity contribution is 9.10. The lowest BCUT2D eigenvalue weighted by atomic mass is 10.3. The Kier molecular flexibility index (Phi) is 2.86. The number of aryl methyl sites for hydroxylation is 1. The molecule has 0 aliphatic heterocycles. The molecule has 0 bridgehead atoms. The van der Waals surface area contributed by atoms with Crippen molar-refractivity contribution in [1.82, 2.24) is 18.7 Å². The molecule has 0 unspecified atom stereocenters.